The summed E-state index contributed by atoms with van der Waals surface area (Å²) in [5.41, 5.74) is 0.601. The second kappa shape index (κ2) is 10.1. The van der Waals surface area contributed by atoms with Crippen molar-refractivity contribution in [3.8, 4) is 0 Å². The third kappa shape index (κ3) is 6.50. The molecule has 2 aliphatic heterocycles. The Labute approximate surface area is 184 Å². The second-order valence-electron chi connectivity index (χ2n) is 8.05. The van der Waals surface area contributed by atoms with E-state index in [4.69, 9.17) is 0 Å². The van der Waals surface area contributed by atoms with E-state index in [2.05, 4.69) is 15.0 Å². The Hall–Kier alpha value is -1.98. The third-order valence-corrected chi connectivity index (χ3v) is 8.33. The molecule has 0 spiro atoms. The predicted molar refractivity (Wildman–Crippen MR) is 119 cm³/mol. The van der Waals surface area contributed by atoms with Gasteiger partial charge in [-0.2, -0.15) is 0 Å². The maximum absolute atomic E-state index is 12.0. The van der Waals surface area contributed by atoms with Crippen LogP contribution < -0.4 is 10.0 Å². The molecule has 1 aromatic carbocycles. The van der Waals surface area contributed by atoms with Gasteiger partial charge in [0.15, 0.2) is 0 Å². The second-order valence-corrected chi connectivity index (χ2v) is 11.7. The number of piperidine rings is 1. The Morgan fingerprint density at radius 1 is 1.19 bits per heavy atom. The van der Waals surface area contributed by atoms with Crippen molar-refractivity contribution in [2.45, 2.75) is 43.4 Å². The van der Waals surface area contributed by atoms with Crippen molar-refractivity contribution in [2.75, 3.05) is 32.4 Å². The number of benzene rings is 1. The van der Waals surface area contributed by atoms with Crippen LogP contribution in [0, 0.1) is 5.92 Å². The molecule has 3 rings (SSSR count). The number of unbranched alkanes of at least 4 members (excludes halogenated alkanes) is 2. The van der Waals surface area contributed by atoms with Crippen molar-refractivity contribution in [3.63, 3.8) is 0 Å². The minimum absolute atomic E-state index is 0.00865. The number of nitrogens with zero attached hydrogens (tertiary/aromatic N) is 2. The lowest BCUT2D eigenvalue weighted by Crippen LogP contribution is -2.41. The molecule has 2 heterocycles. The van der Waals surface area contributed by atoms with Crippen molar-refractivity contribution in [1.29, 1.82) is 0 Å². The normalized spacial score (nSPS) is 20.4. The lowest BCUT2D eigenvalue weighted by Gasteiger charge is -2.30. The summed E-state index contributed by atoms with van der Waals surface area (Å²) in [4.78, 5) is 16.7. The summed E-state index contributed by atoms with van der Waals surface area (Å²) >= 11 is 0. The molecule has 0 radical (unpaired) electrons. The largest absolute Gasteiger partial charge is 0.356 e. The molecule has 2 N–H and O–H groups in total. The Morgan fingerprint density at radius 2 is 1.90 bits per heavy atom. The van der Waals surface area contributed by atoms with Crippen molar-refractivity contribution in [2.24, 2.45) is 10.9 Å². The van der Waals surface area contributed by atoms with E-state index in [9.17, 15) is 21.6 Å². The van der Waals surface area contributed by atoms with E-state index in [0.29, 0.717) is 49.9 Å². The lowest BCUT2D eigenvalue weighted by atomic mass is 9.98. The fourth-order valence-corrected chi connectivity index (χ4v) is 5.93. The van der Waals surface area contributed by atoms with Crippen LogP contribution in [0.15, 0.2) is 34.2 Å². The fraction of sp³-hybridized carbons (Fsp3) is 0.600. The van der Waals surface area contributed by atoms with E-state index < -0.39 is 20.0 Å². The van der Waals surface area contributed by atoms with E-state index >= 15 is 0 Å². The van der Waals surface area contributed by atoms with E-state index in [-0.39, 0.29) is 10.8 Å². The number of carbonyl (C=O) groups is 1. The molecular weight excluding hydrogens is 440 g/mol. The van der Waals surface area contributed by atoms with Gasteiger partial charge in [-0.3, -0.25) is 14.5 Å². The Morgan fingerprint density at radius 3 is 2.61 bits per heavy atom. The van der Waals surface area contributed by atoms with Crippen molar-refractivity contribution < 1.29 is 21.6 Å². The monoisotopic (exact) mass is 470 g/mol. The first kappa shape index (κ1) is 23.7. The van der Waals surface area contributed by atoms with Crippen LogP contribution in [-0.4, -0.2) is 65.3 Å². The molecule has 1 aromatic rings. The summed E-state index contributed by atoms with van der Waals surface area (Å²) in [6.07, 6.45) is 5.53. The summed E-state index contributed by atoms with van der Waals surface area (Å²) in [6.45, 7) is 2.11. The standard InChI is InChI=1S/C20H30N4O5S2/c1-30(26,27)24-13-10-16(11-14-24)15-22-19(25)9-3-2-6-12-21-20-17-7-4-5-8-18(17)31(28,29)23-20/h4-5,7-8,16H,2-3,6,9-15H2,1H3,(H,21,23)(H,22,25). The summed E-state index contributed by atoms with van der Waals surface area (Å²) in [7, 11) is -6.63. The van der Waals surface area contributed by atoms with Gasteiger partial charge in [-0.25, -0.2) is 21.1 Å². The molecule has 0 atom stereocenters. The quantitative estimate of drug-likeness (QED) is 0.523. The average Bonchev–Trinajstić information content (AvgIpc) is 2.99. The van der Waals surface area contributed by atoms with Crippen molar-refractivity contribution in [3.05, 3.63) is 29.8 Å². The van der Waals surface area contributed by atoms with Crippen molar-refractivity contribution >= 4 is 31.8 Å². The van der Waals surface area contributed by atoms with Crippen LogP contribution >= 0.6 is 0 Å². The van der Waals surface area contributed by atoms with Gasteiger partial charge in [0.2, 0.25) is 15.9 Å². The number of nitrogens with one attached hydrogen (secondary N) is 2. The topological polar surface area (TPSA) is 125 Å². The third-order valence-electron chi connectivity index (χ3n) is 5.63. The number of fused-ring (bicyclic) bond motifs is 1. The summed E-state index contributed by atoms with van der Waals surface area (Å²) in [6, 6.07) is 6.77. The molecule has 9 nitrogen and oxygen atoms in total. The van der Waals surface area contributed by atoms with E-state index in [1.807, 2.05) is 0 Å². The van der Waals surface area contributed by atoms with Crippen LogP contribution in [0.1, 0.15) is 44.1 Å². The number of amidine groups is 1. The first-order chi connectivity index (χ1) is 14.7. The number of hydrogen-bond acceptors (Lipinski definition) is 6. The van der Waals surface area contributed by atoms with Crippen molar-refractivity contribution in [1.82, 2.24) is 14.3 Å². The van der Waals surface area contributed by atoms with Gasteiger partial charge in [0, 0.05) is 38.2 Å². The highest BCUT2D eigenvalue weighted by molar-refractivity contribution is 7.90. The number of hydrogen-bond donors (Lipinski definition) is 2. The maximum Gasteiger partial charge on any atom is 0.263 e. The molecule has 0 aliphatic carbocycles. The molecule has 2 aliphatic rings. The van der Waals surface area contributed by atoms with E-state index in [1.54, 1.807) is 24.3 Å². The van der Waals surface area contributed by atoms with Gasteiger partial charge in [-0.05, 0) is 43.7 Å². The summed E-state index contributed by atoms with van der Waals surface area (Å²) < 4.78 is 51.1. The number of rotatable bonds is 9. The van der Waals surface area contributed by atoms with Gasteiger partial charge in [0.1, 0.15) is 5.84 Å². The smallest absolute Gasteiger partial charge is 0.263 e. The molecule has 0 aromatic heterocycles. The molecule has 172 valence electrons. The van der Waals surface area contributed by atoms with Crippen LogP contribution in [0.4, 0.5) is 0 Å². The average molecular weight is 471 g/mol. The van der Waals surface area contributed by atoms with Gasteiger partial charge in [-0.1, -0.05) is 18.6 Å². The molecule has 11 heteroatoms. The van der Waals surface area contributed by atoms with Gasteiger partial charge < -0.3 is 5.32 Å². The number of sulfonamides is 2. The highest BCUT2D eigenvalue weighted by Gasteiger charge is 2.30. The zero-order valence-electron chi connectivity index (χ0n) is 17.7. The van der Waals surface area contributed by atoms with E-state index in [1.165, 1.54) is 10.6 Å². The number of amides is 1. The highest BCUT2D eigenvalue weighted by Crippen LogP contribution is 2.22. The van der Waals surface area contributed by atoms with Gasteiger partial charge >= 0.3 is 0 Å². The van der Waals surface area contributed by atoms with Gasteiger partial charge in [-0.15, -0.1) is 0 Å². The summed E-state index contributed by atoms with van der Waals surface area (Å²) in [5, 5.41) is 2.95. The van der Waals surface area contributed by atoms with Crippen LogP contribution in [0.2, 0.25) is 0 Å². The SMILES string of the molecule is CS(=O)(=O)N1CCC(CNC(=O)CCCCCN=C2NS(=O)(=O)c3ccccc32)CC1. The molecule has 1 fully saturated rings. The molecule has 0 saturated carbocycles. The van der Waals surface area contributed by atoms with Gasteiger partial charge in [0.05, 0.1) is 11.2 Å². The van der Waals surface area contributed by atoms with E-state index in [0.717, 1.165) is 32.1 Å². The number of aliphatic imine (C=N–C) groups is 1. The Bertz CT molecular complexity index is 1030. The number of carbonyl (C=O) groups excluding carboxylic acids is 1. The Balaban J connectivity index is 1.30. The summed E-state index contributed by atoms with van der Waals surface area (Å²) in [5.74, 6) is 0.709. The van der Waals surface area contributed by atoms with Crippen LogP contribution in [0.5, 0.6) is 0 Å². The minimum atomic E-state index is -3.51. The van der Waals surface area contributed by atoms with Crippen LogP contribution in [0.25, 0.3) is 0 Å². The molecule has 31 heavy (non-hydrogen) atoms. The lowest BCUT2D eigenvalue weighted by molar-refractivity contribution is -0.121. The van der Waals surface area contributed by atoms with Gasteiger partial charge in [0.25, 0.3) is 10.0 Å². The Kier molecular flexibility index (Phi) is 7.71. The first-order valence-electron chi connectivity index (χ1n) is 10.6. The predicted octanol–water partition coefficient (Wildman–Crippen LogP) is 1.07. The molecule has 0 unspecified atom stereocenters. The zero-order valence-corrected chi connectivity index (χ0v) is 19.3. The fourth-order valence-electron chi connectivity index (χ4n) is 3.81. The highest BCUT2D eigenvalue weighted by atomic mass is 32.2. The van der Waals surface area contributed by atoms with Crippen LogP contribution in [-0.2, 0) is 24.8 Å². The molecular formula is C20H30N4O5S2. The molecule has 1 amide bonds. The molecule has 0 bridgehead atoms. The van der Waals surface area contributed by atoms with Crippen LogP contribution in [0.3, 0.4) is 0 Å². The zero-order chi connectivity index (χ0) is 22.5. The minimum Gasteiger partial charge on any atom is -0.356 e. The molecule has 1 saturated heterocycles. The first-order valence-corrected chi connectivity index (χ1v) is 13.9. The maximum atomic E-state index is 12.0.